The number of nitrogens with zero attached hydrogens (tertiary/aromatic N) is 3. The van der Waals surface area contributed by atoms with Gasteiger partial charge < -0.3 is 9.30 Å². The Morgan fingerprint density at radius 2 is 1.97 bits per heavy atom. The number of halogens is 2. The first-order valence-corrected chi connectivity index (χ1v) is 13.1. The van der Waals surface area contributed by atoms with Gasteiger partial charge in [0.2, 0.25) is 10.0 Å². The van der Waals surface area contributed by atoms with E-state index >= 15 is 0 Å². The summed E-state index contributed by atoms with van der Waals surface area (Å²) in [5.41, 5.74) is 0.334. The highest BCUT2D eigenvalue weighted by Crippen LogP contribution is 2.24. The molecular formula is C23H25F2N3O4S2. The van der Waals surface area contributed by atoms with Gasteiger partial charge in [0.05, 0.1) is 21.7 Å². The lowest BCUT2D eigenvalue weighted by Gasteiger charge is -2.30. The van der Waals surface area contributed by atoms with Gasteiger partial charge >= 0.3 is 0 Å². The quantitative estimate of drug-likeness (QED) is 0.506. The standard InChI is InChI=1S/C23H25F2N3O4S2/c1-15-4-3-9-27(14-15)34(30,31)18-7-5-16(6-8-18)22(29)26-23-28(10-11-32-2)21-19(25)12-17(24)13-20(21)33-23/h5-8,12-13,15H,3-4,9-11,14H2,1-2H3. The molecule has 0 saturated carbocycles. The molecule has 1 fully saturated rings. The second kappa shape index (κ2) is 10.0. The number of thiazole rings is 1. The van der Waals surface area contributed by atoms with E-state index in [0.717, 1.165) is 30.2 Å². The number of ether oxygens (including phenoxy) is 1. The van der Waals surface area contributed by atoms with Crippen LogP contribution in [0.15, 0.2) is 46.3 Å². The van der Waals surface area contributed by atoms with Gasteiger partial charge in [-0.1, -0.05) is 18.3 Å². The SMILES string of the molecule is COCCn1c(=NC(=O)c2ccc(S(=O)(=O)N3CCCC(C)C3)cc2)sc2cc(F)cc(F)c21. The van der Waals surface area contributed by atoms with E-state index in [0.29, 0.717) is 23.7 Å². The first-order valence-electron chi connectivity index (χ1n) is 10.9. The fourth-order valence-electron chi connectivity index (χ4n) is 4.04. The Balaban J connectivity index is 1.66. The molecule has 0 N–H and O–H groups in total. The minimum absolute atomic E-state index is 0.118. The van der Waals surface area contributed by atoms with Crippen molar-refractivity contribution >= 4 is 37.5 Å². The highest BCUT2D eigenvalue weighted by Gasteiger charge is 2.28. The highest BCUT2D eigenvalue weighted by molar-refractivity contribution is 7.89. The second-order valence-electron chi connectivity index (χ2n) is 8.32. The van der Waals surface area contributed by atoms with E-state index in [1.807, 2.05) is 6.92 Å². The van der Waals surface area contributed by atoms with Gasteiger partial charge in [0, 0.05) is 38.4 Å². The Kier molecular flexibility index (Phi) is 7.27. The fourth-order valence-corrected chi connectivity index (χ4v) is 6.73. The van der Waals surface area contributed by atoms with Crippen LogP contribution in [0.5, 0.6) is 0 Å². The average Bonchev–Trinajstić information content (AvgIpc) is 3.14. The number of hydrogen-bond donors (Lipinski definition) is 0. The average molecular weight is 510 g/mol. The lowest BCUT2D eigenvalue weighted by Crippen LogP contribution is -2.39. The summed E-state index contributed by atoms with van der Waals surface area (Å²) in [6.07, 6.45) is 1.82. The molecule has 34 heavy (non-hydrogen) atoms. The number of aromatic nitrogens is 1. The van der Waals surface area contributed by atoms with Crippen LogP contribution in [0.25, 0.3) is 10.2 Å². The monoisotopic (exact) mass is 509 g/mol. The van der Waals surface area contributed by atoms with Crippen LogP contribution in [0.4, 0.5) is 8.78 Å². The Bertz CT molecular complexity index is 1380. The van der Waals surface area contributed by atoms with Crippen molar-refractivity contribution < 1.29 is 26.7 Å². The molecular weight excluding hydrogens is 484 g/mol. The van der Waals surface area contributed by atoms with E-state index in [4.69, 9.17) is 4.74 Å². The first kappa shape index (κ1) is 24.6. The maximum atomic E-state index is 14.5. The fraction of sp³-hybridized carbons (Fsp3) is 0.391. The molecule has 1 unspecified atom stereocenters. The zero-order valence-corrected chi connectivity index (χ0v) is 20.5. The van der Waals surface area contributed by atoms with Crippen LogP contribution in [0.1, 0.15) is 30.1 Å². The molecule has 0 aliphatic carbocycles. The van der Waals surface area contributed by atoms with Crippen molar-refractivity contribution in [3.63, 3.8) is 0 Å². The molecule has 1 aliphatic rings. The van der Waals surface area contributed by atoms with Crippen LogP contribution in [0, 0.1) is 17.6 Å². The van der Waals surface area contributed by atoms with Crippen LogP contribution in [-0.2, 0) is 21.3 Å². The maximum absolute atomic E-state index is 14.5. The third-order valence-corrected chi connectivity index (χ3v) is 8.67. The summed E-state index contributed by atoms with van der Waals surface area (Å²) in [5.74, 6) is -1.79. The van der Waals surface area contributed by atoms with Crippen LogP contribution in [0.3, 0.4) is 0 Å². The Morgan fingerprint density at radius 1 is 1.24 bits per heavy atom. The van der Waals surface area contributed by atoms with Crippen molar-refractivity contribution in [1.29, 1.82) is 0 Å². The van der Waals surface area contributed by atoms with Crippen molar-refractivity contribution in [2.75, 3.05) is 26.8 Å². The number of amides is 1. The molecule has 0 radical (unpaired) electrons. The van der Waals surface area contributed by atoms with Crippen LogP contribution in [0.2, 0.25) is 0 Å². The number of benzene rings is 2. The van der Waals surface area contributed by atoms with Gasteiger partial charge in [-0.15, -0.1) is 0 Å². The van der Waals surface area contributed by atoms with Crippen LogP contribution in [-0.4, -0.2) is 50.0 Å². The van der Waals surface area contributed by atoms with Crippen molar-refractivity contribution in [2.45, 2.75) is 31.2 Å². The predicted octanol–water partition coefficient (Wildman–Crippen LogP) is 3.79. The normalized spacial score (nSPS) is 18.0. The van der Waals surface area contributed by atoms with Crippen molar-refractivity contribution in [3.8, 4) is 0 Å². The number of carbonyl (C=O) groups excluding carboxylic acids is 1. The molecule has 2 heterocycles. The lowest BCUT2D eigenvalue weighted by atomic mass is 10.0. The number of sulfonamides is 1. The predicted molar refractivity (Wildman–Crippen MR) is 125 cm³/mol. The largest absolute Gasteiger partial charge is 0.383 e. The second-order valence-corrected chi connectivity index (χ2v) is 11.3. The molecule has 4 rings (SSSR count). The van der Waals surface area contributed by atoms with E-state index in [1.165, 1.54) is 46.3 Å². The third kappa shape index (κ3) is 4.97. The lowest BCUT2D eigenvalue weighted by molar-refractivity contribution is 0.0997. The summed E-state index contributed by atoms with van der Waals surface area (Å²) in [6.45, 7) is 3.44. The highest BCUT2D eigenvalue weighted by atomic mass is 32.2. The molecule has 1 amide bonds. The van der Waals surface area contributed by atoms with E-state index < -0.39 is 27.6 Å². The molecule has 1 aromatic heterocycles. The number of hydrogen-bond acceptors (Lipinski definition) is 5. The van der Waals surface area contributed by atoms with Crippen molar-refractivity contribution in [1.82, 2.24) is 8.87 Å². The summed E-state index contributed by atoms with van der Waals surface area (Å²) < 4.78 is 62.4. The minimum Gasteiger partial charge on any atom is -0.383 e. The van der Waals surface area contributed by atoms with Gasteiger partial charge in [0.15, 0.2) is 10.6 Å². The minimum atomic E-state index is -3.64. The Labute approximate surface area is 200 Å². The third-order valence-electron chi connectivity index (χ3n) is 5.77. The Morgan fingerprint density at radius 3 is 2.65 bits per heavy atom. The van der Waals surface area contributed by atoms with Crippen molar-refractivity contribution in [2.24, 2.45) is 10.9 Å². The number of methoxy groups -OCH3 is 1. The number of piperidine rings is 1. The zero-order chi connectivity index (χ0) is 24.5. The van der Waals surface area contributed by atoms with Gasteiger partial charge in [-0.3, -0.25) is 4.79 Å². The molecule has 2 aromatic carbocycles. The summed E-state index contributed by atoms with van der Waals surface area (Å²) in [7, 11) is -2.15. The summed E-state index contributed by atoms with van der Waals surface area (Å²) in [6, 6.07) is 7.61. The number of carbonyl (C=O) groups is 1. The van der Waals surface area contributed by atoms with Gasteiger partial charge in [0.25, 0.3) is 5.91 Å². The summed E-state index contributed by atoms with van der Waals surface area (Å²) >= 11 is 0.989. The van der Waals surface area contributed by atoms with E-state index in [2.05, 4.69) is 4.99 Å². The molecule has 182 valence electrons. The molecule has 0 bridgehead atoms. The van der Waals surface area contributed by atoms with Crippen LogP contribution >= 0.6 is 11.3 Å². The topological polar surface area (TPSA) is 81.0 Å². The first-order chi connectivity index (χ1) is 16.2. The molecule has 1 saturated heterocycles. The van der Waals surface area contributed by atoms with Crippen molar-refractivity contribution in [3.05, 3.63) is 58.4 Å². The van der Waals surface area contributed by atoms with E-state index in [9.17, 15) is 22.0 Å². The molecule has 1 atom stereocenters. The molecule has 7 nitrogen and oxygen atoms in total. The van der Waals surface area contributed by atoms with Gasteiger partial charge in [-0.05, 0) is 49.1 Å². The van der Waals surface area contributed by atoms with Crippen LogP contribution < -0.4 is 4.80 Å². The number of fused-ring (bicyclic) bond motifs is 1. The molecule has 0 spiro atoms. The molecule has 1 aliphatic heterocycles. The zero-order valence-electron chi connectivity index (χ0n) is 18.8. The Hall–Kier alpha value is -2.47. The van der Waals surface area contributed by atoms with E-state index in [-0.39, 0.29) is 33.9 Å². The van der Waals surface area contributed by atoms with Gasteiger partial charge in [-0.2, -0.15) is 9.30 Å². The van der Waals surface area contributed by atoms with E-state index in [1.54, 1.807) is 0 Å². The smallest absolute Gasteiger partial charge is 0.279 e. The van der Waals surface area contributed by atoms with Gasteiger partial charge in [-0.25, -0.2) is 17.2 Å². The summed E-state index contributed by atoms with van der Waals surface area (Å²) in [5, 5.41) is 0. The van der Waals surface area contributed by atoms with Gasteiger partial charge in [0.1, 0.15) is 5.82 Å². The summed E-state index contributed by atoms with van der Waals surface area (Å²) in [4.78, 5) is 17.3. The molecule has 11 heteroatoms. The number of rotatable bonds is 6. The molecule has 3 aromatic rings. The maximum Gasteiger partial charge on any atom is 0.279 e.